The Morgan fingerprint density at radius 2 is 1.61 bits per heavy atom. The molecule has 1 aliphatic heterocycles. The van der Waals surface area contributed by atoms with Crippen LogP contribution in [-0.4, -0.2) is 43.0 Å². The molecule has 8 heteroatoms. The maximum Gasteiger partial charge on any atom is 0.315 e. The quantitative estimate of drug-likeness (QED) is 0.327. The summed E-state index contributed by atoms with van der Waals surface area (Å²) in [5.41, 5.74) is 2.75. The Labute approximate surface area is 222 Å². The van der Waals surface area contributed by atoms with E-state index in [-0.39, 0.29) is 37.0 Å². The minimum atomic E-state index is -0.315. The van der Waals surface area contributed by atoms with Gasteiger partial charge >= 0.3 is 6.03 Å². The van der Waals surface area contributed by atoms with Crippen LogP contribution in [0.3, 0.4) is 0 Å². The van der Waals surface area contributed by atoms with Gasteiger partial charge in [-0.3, -0.25) is 14.5 Å². The molecule has 3 aromatic rings. The summed E-state index contributed by atoms with van der Waals surface area (Å²) in [5.74, 6) is 0.355. The van der Waals surface area contributed by atoms with Crippen molar-refractivity contribution in [3.8, 4) is 11.5 Å². The molecule has 0 aromatic heterocycles. The minimum absolute atomic E-state index is 0.0522. The Morgan fingerprint density at radius 1 is 0.921 bits per heavy atom. The number of rotatable bonds is 12. The van der Waals surface area contributed by atoms with Crippen LogP contribution in [0.15, 0.2) is 72.8 Å². The van der Waals surface area contributed by atoms with Gasteiger partial charge in [0.25, 0.3) is 11.8 Å². The van der Waals surface area contributed by atoms with Crippen LogP contribution in [0.1, 0.15) is 64.1 Å². The van der Waals surface area contributed by atoms with Gasteiger partial charge in [-0.15, -0.1) is 0 Å². The number of carbonyl (C=O) groups is 3. The summed E-state index contributed by atoms with van der Waals surface area (Å²) in [6.45, 7) is 2.69. The van der Waals surface area contributed by atoms with Gasteiger partial charge in [-0.05, 0) is 41.8 Å². The molecule has 1 aliphatic rings. The molecule has 1 atom stereocenters. The normalized spacial score (nSPS) is 13.2. The first kappa shape index (κ1) is 26.7. The Balaban J connectivity index is 1.30. The lowest BCUT2D eigenvalue weighted by atomic mass is 10.0. The summed E-state index contributed by atoms with van der Waals surface area (Å²) in [5, 5.41) is 6.00. The molecule has 198 valence electrons. The lowest BCUT2D eigenvalue weighted by Crippen LogP contribution is -2.37. The summed E-state index contributed by atoms with van der Waals surface area (Å²) in [6, 6.07) is 21.8. The predicted molar refractivity (Wildman–Crippen MR) is 144 cm³/mol. The second kappa shape index (κ2) is 12.8. The molecule has 0 saturated heterocycles. The van der Waals surface area contributed by atoms with Gasteiger partial charge in [-0.2, -0.15) is 0 Å². The molecule has 0 aliphatic carbocycles. The highest BCUT2D eigenvalue weighted by Gasteiger charge is 2.34. The van der Waals surface area contributed by atoms with Crippen molar-refractivity contribution >= 4 is 17.8 Å². The lowest BCUT2D eigenvalue weighted by molar-refractivity contribution is 0.0630. The molecule has 2 N–H and O–H groups in total. The van der Waals surface area contributed by atoms with Crippen LogP contribution in [0.5, 0.6) is 11.5 Å². The van der Waals surface area contributed by atoms with Gasteiger partial charge in [0.1, 0.15) is 6.61 Å². The molecule has 0 spiro atoms. The number of ether oxygens (including phenoxy) is 2. The molecular weight excluding hydrogens is 482 g/mol. The highest BCUT2D eigenvalue weighted by atomic mass is 16.5. The highest BCUT2D eigenvalue weighted by molar-refractivity contribution is 6.21. The van der Waals surface area contributed by atoms with E-state index in [2.05, 4.69) is 17.6 Å². The molecule has 0 radical (unpaired) electrons. The Hall–Kier alpha value is -4.33. The second-order valence-electron chi connectivity index (χ2n) is 9.07. The third-order valence-corrected chi connectivity index (χ3v) is 6.49. The summed E-state index contributed by atoms with van der Waals surface area (Å²) in [6.07, 6.45) is 2.94. The number of hydrogen-bond donors (Lipinski definition) is 2. The molecular formula is C30H33N3O5. The number of amides is 4. The number of urea groups is 1. The first-order chi connectivity index (χ1) is 18.5. The van der Waals surface area contributed by atoms with E-state index in [4.69, 9.17) is 9.47 Å². The molecule has 38 heavy (non-hydrogen) atoms. The predicted octanol–water partition coefficient (Wildman–Crippen LogP) is 5.10. The molecule has 4 amide bonds. The van der Waals surface area contributed by atoms with E-state index in [0.717, 1.165) is 30.4 Å². The molecule has 0 saturated carbocycles. The number of nitrogens with one attached hydrogen (secondary N) is 2. The van der Waals surface area contributed by atoms with Gasteiger partial charge in [0.2, 0.25) is 0 Å². The third kappa shape index (κ3) is 6.32. The number of carbonyl (C=O) groups excluding carboxylic acids is 3. The number of nitrogens with zero attached hydrogens (tertiary/aromatic N) is 1. The van der Waals surface area contributed by atoms with Crippen LogP contribution in [0.25, 0.3) is 0 Å². The highest BCUT2D eigenvalue weighted by Crippen LogP contribution is 2.29. The van der Waals surface area contributed by atoms with E-state index in [1.807, 2.05) is 36.4 Å². The fourth-order valence-corrected chi connectivity index (χ4v) is 4.44. The van der Waals surface area contributed by atoms with E-state index in [0.29, 0.717) is 29.2 Å². The minimum Gasteiger partial charge on any atom is -0.493 e. The zero-order chi connectivity index (χ0) is 26.9. The van der Waals surface area contributed by atoms with E-state index < -0.39 is 0 Å². The van der Waals surface area contributed by atoms with E-state index in [9.17, 15) is 14.4 Å². The number of fused-ring (bicyclic) bond motifs is 1. The Kier molecular flexibility index (Phi) is 8.98. The van der Waals surface area contributed by atoms with Gasteiger partial charge in [-0.1, -0.05) is 68.3 Å². The van der Waals surface area contributed by atoms with Crippen LogP contribution in [0.2, 0.25) is 0 Å². The van der Waals surface area contributed by atoms with Crippen molar-refractivity contribution in [2.45, 2.75) is 38.8 Å². The monoisotopic (exact) mass is 515 g/mol. The van der Waals surface area contributed by atoms with E-state index >= 15 is 0 Å². The Morgan fingerprint density at radius 3 is 2.26 bits per heavy atom. The fraction of sp³-hybridized carbons (Fsp3) is 0.300. The van der Waals surface area contributed by atoms with Gasteiger partial charge in [0.05, 0.1) is 30.8 Å². The topological polar surface area (TPSA) is 97.0 Å². The fourth-order valence-electron chi connectivity index (χ4n) is 4.44. The van der Waals surface area contributed by atoms with Gasteiger partial charge in [-0.25, -0.2) is 4.79 Å². The summed E-state index contributed by atoms with van der Waals surface area (Å²) in [7, 11) is 1.54. The van der Waals surface area contributed by atoms with Crippen molar-refractivity contribution < 1.29 is 23.9 Å². The standard InChI is InChI=1S/C30H33N3O5/c1-3-4-14-25(22-10-6-5-7-11-22)32-30(36)31-20-21-15-16-26(27(19-21)37-2)38-18-17-33-28(34)23-12-8-9-13-24(23)29(33)35/h5-13,15-16,19,25H,3-4,14,17-18,20H2,1-2H3,(H2,31,32,36). The first-order valence-electron chi connectivity index (χ1n) is 12.9. The average Bonchev–Trinajstić information content (AvgIpc) is 3.20. The first-order valence-corrected chi connectivity index (χ1v) is 12.9. The molecule has 0 bridgehead atoms. The van der Waals surface area contributed by atoms with Crippen LogP contribution in [0.4, 0.5) is 4.79 Å². The van der Waals surface area contributed by atoms with Crippen LogP contribution in [-0.2, 0) is 6.54 Å². The number of benzene rings is 3. The lowest BCUT2D eigenvalue weighted by Gasteiger charge is -2.20. The van der Waals surface area contributed by atoms with E-state index in [1.165, 1.54) is 12.0 Å². The van der Waals surface area contributed by atoms with Crippen molar-refractivity contribution in [1.82, 2.24) is 15.5 Å². The van der Waals surface area contributed by atoms with Crippen molar-refractivity contribution in [3.63, 3.8) is 0 Å². The molecule has 8 nitrogen and oxygen atoms in total. The smallest absolute Gasteiger partial charge is 0.315 e. The SMILES string of the molecule is CCCCC(NC(=O)NCc1ccc(OCCN2C(=O)c3ccccc3C2=O)c(OC)c1)c1ccccc1. The van der Waals surface area contributed by atoms with Crippen molar-refractivity contribution in [1.29, 1.82) is 0 Å². The zero-order valence-electron chi connectivity index (χ0n) is 21.7. The zero-order valence-corrected chi connectivity index (χ0v) is 21.7. The molecule has 1 unspecified atom stereocenters. The van der Waals surface area contributed by atoms with Crippen molar-refractivity contribution in [2.75, 3.05) is 20.3 Å². The number of hydrogen-bond acceptors (Lipinski definition) is 5. The summed E-state index contributed by atoms with van der Waals surface area (Å²) in [4.78, 5) is 38.9. The van der Waals surface area contributed by atoms with E-state index in [1.54, 1.807) is 36.4 Å². The van der Waals surface area contributed by atoms with Gasteiger partial charge in [0, 0.05) is 6.54 Å². The maximum absolute atomic E-state index is 12.6. The average molecular weight is 516 g/mol. The number of unbranched alkanes of at least 4 members (excludes halogenated alkanes) is 1. The maximum atomic E-state index is 12.6. The van der Waals surface area contributed by atoms with Gasteiger partial charge in [0.15, 0.2) is 11.5 Å². The van der Waals surface area contributed by atoms with Crippen molar-refractivity contribution in [2.24, 2.45) is 0 Å². The van der Waals surface area contributed by atoms with Gasteiger partial charge < -0.3 is 20.1 Å². The number of methoxy groups -OCH3 is 1. The Bertz CT molecular complexity index is 1240. The molecule has 4 rings (SSSR count). The molecule has 0 fully saturated rings. The second-order valence-corrected chi connectivity index (χ2v) is 9.07. The molecule has 1 heterocycles. The largest absolute Gasteiger partial charge is 0.493 e. The number of imide groups is 1. The summed E-state index contributed by atoms with van der Waals surface area (Å²) >= 11 is 0. The van der Waals surface area contributed by atoms with Crippen LogP contribution in [0, 0.1) is 0 Å². The van der Waals surface area contributed by atoms with Crippen LogP contribution >= 0.6 is 0 Å². The molecule has 3 aromatic carbocycles. The third-order valence-electron chi connectivity index (χ3n) is 6.49. The van der Waals surface area contributed by atoms with Crippen LogP contribution < -0.4 is 20.1 Å². The summed E-state index contributed by atoms with van der Waals surface area (Å²) < 4.78 is 11.3. The van der Waals surface area contributed by atoms with Crippen molar-refractivity contribution in [3.05, 3.63) is 95.1 Å².